The number of rotatable bonds is 2. The van der Waals surface area contributed by atoms with Crippen molar-refractivity contribution in [1.29, 1.82) is 0 Å². The van der Waals surface area contributed by atoms with Crippen molar-refractivity contribution < 1.29 is 14.6 Å². The van der Waals surface area contributed by atoms with Crippen LogP contribution in [0.5, 0.6) is 0 Å². The number of anilines is 1. The van der Waals surface area contributed by atoms with E-state index in [1.165, 1.54) is 0 Å². The molecule has 1 aliphatic heterocycles. The molecule has 0 unspecified atom stereocenters. The Morgan fingerprint density at radius 2 is 2.24 bits per heavy atom. The Morgan fingerprint density at radius 3 is 2.81 bits per heavy atom. The zero-order chi connectivity index (χ0) is 15.6. The quantitative estimate of drug-likeness (QED) is 0.867. The number of pyridine rings is 1. The first kappa shape index (κ1) is 15.6. The van der Waals surface area contributed by atoms with Crippen LogP contribution >= 0.6 is 0 Å². The first-order valence-electron chi connectivity index (χ1n) is 7.13. The maximum Gasteiger partial charge on any atom is 0.410 e. The molecule has 21 heavy (non-hydrogen) atoms. The molecule has 2 heterocycles. The number of carbonyl (C=O) groups is 1. The maximum absolute atomic E-state index is 12.2. The largest absolute Gasteiger partial charge is 0.444 e. The molecule has 2 rings (SSSR count). The number of likely N-dealkylation sites (tertiary alicyclic amines) is 1. The molecule has 6 heteroatoms. The smallest absolute Gasteiger partial charge is 0.410 e. The summed E-state index contributed by atoms with van der Waals surface area (Å²) in [6, 6.07) is 5.23. The van der Waals surface area contributed by atoms with Gasteiger partial charge in [0.15, 0.2) is 0 Å². The van der Waals surface area contributed by atoms with Gasteiger partial charge >= 0.3 is 6.09 Å². The number of aromatic nitrogens is 1. The van der Waals surface area contributed by atoms with Crippen LogP contribution in [0.2, 0.25) is 0 Å². The number of aliphatic hydroxyl groups is 1. The molecule has 1 fully saturated rings. The zero-order valence-corrected chi connectivity index (χ0v) is 12.7. The molecule has 0 radical (unpaired) electrons. The van der Waals surface area contributed by atoms with Gasteiger partial charge in [0.25, 0.3) is 0 Å². The van der Waals surface area contributed by atoms with E-state index in [0.29, 0.717) is 18.8 Å². The Kier molecular flexibility index (Phi) is 4.37. The summed E-state index contributed by atoms with van der Waals surface area (Å²) in [6.07, 6.45) is 0.264. The van der Waals surface area contributed by atoms with E-state index >= 15 is 0 Å². The number of nitrogen functional groups attached to an aromatic ring is 1. The summed E-state index contributed by atoms with van der Waals surface area (Å²) in [6.45, 7) is 5.87. The molecule has 0 aromatic carbocycles. The molecular formula is C15H23N3O3. The Labute approximate surface area is 124 Å². The number of nitrogens with two attached hydrogens (primary N) is 1. The highest BCUT2D eigenvalue weighted by Crippen LogP contribution is 2.32. The summed E-state index contributed by atoms with van der Waals surface area (Å²) in [5.41, 5.74) is 6.00. The fraction of sp³-hybridized carbons (Fsp3) is 0.600. The zero-order valence-electron chi connectivity index (χ0n) is 12.7. The van der Waals surface area contributed by atoms with Crippen molar-refractivity contribution in [3.05, 3.63) is 23.9 Å². The lowest BCUT2D eigenvalue weighted by Gasteiger charge is -2.27. The first-order chi connectivity index (χ1) is 9.80. The Hall–Kier alpha value is -1.82. The third-order valence-corrected chi connectivity index (χ3v) is 3.46. The van der Waals surface area contributed by atoms with Gasteiger partial charge in [0.1, 0.15) is 11.4 Å². The predicted molar refractivity (Wildman–Crippen MR) is 79.8 cm³/mol. The van der Waals surface area contributed by atoms with Crippen molar-refractivity contribution in [2.45, 2.75) is 44.8 Å². The molecule has 0 spiro atoms. The van der Waals surface area contributed by atoms with Gasteiger partial charge in [0, 0.05) is 18.2 Å². The second-order valence-electron chi connectivity index (χ2n) is 6.39. The number of nitrogens with zero attached hydrogens (tertiary/aromatic N) is 2. The number of hydrogen-bond donors (Lipinski definition) is 2. The number of amides is 1. The van der Waals surface area contributed by atoms with Gasteiger partial charge in [-0.2, -0.15) is 0 Å². The van der Waals surface area contributed by atoms with E-state index in [4.69, 9.17) is 10.5 Å². The summed E-state index contributed by atoms with van der Waals surface area (Å²) in [4.78, 5) is 18.1. The molecule has 1 saturated heterocycles. The Morgan fingerprint density at radius 1 is 1.52 bits per heavy atom. The summed E-state index contributed by atoms with van der Waals surface area (Å²) in [5.74, 6) is 0.530. The lowest BCUT2D eigenvalue weighted by atomic mass is 10.0. The van der Waals surface area contributed by atoms with Gasteiger partial charge in [0.05, 0.1) is 12.6 Å². The van der Waals surface area contributed by atoms with Crippen LogP contribution in [0.1, 0.15) is 38.8 Å². The van der Waals surface area contributed by atoms with Crippen LogP contribution in [0.25, 0.3) is 0 Å². The Bertz CT molecular complexity index is 513. The minimum Gasteiger partial charge on any atom is -0.444 e. The Balaban J connectivity index is 2.12. The third-order valence-electron chi connectivity index (χ3n) is 3.46. The minimum atomic E-state index is -0.551. The second kappa shape index (κ2) is 5.89. The van der Waals surface area contributed by atoms with E-state index in [9.17, 15) is 9.90 Å². The SMILES string of the molecule is CC(C)(C)OC(=O)N1C[C@H](c2cccc(N)n2)C[C@H]1CO. The van der Waals surface area contributed by atoms with Crippen LogP contribution in [0, 0.1) is 0 Å². The normalized spacial score (nSPS) is 22.4. The van der Waals surface area contributed by atoms with Crippen molar-refractivity contribution in [2.75, 3.05) is 18.9 Å². The summed E-state index contributed by atoms with van der Waals surface area (Å²) >= 11 is 0. The summed E-state index contributed by atoms with van der Waals surface area (Å²) < 4.78 is 5.39. The van der Waals surface area contributed by atoms with E-state index in [1.54, 1.807) is 11.0 Å². The van der Waals surface area contributed by atoms with Crippen molar-refractivity contribution in [1.82, 2.24) is 9.88 Å². The molecule has 116 valence electrons. The van der Waals surface area contributed by atoms with Crippen LogP contribution < -0.4 is 5.73 Å². The third kappa shape index (κ3) is 3.85. The number of aliphatic hydroxyl groups excluding tert-OH is 1. The molecule has 3 N–H and O–H groups in total. The van der Waals surface area contributed by atoms with Crippen molar-refractivity contribution in [2.24, 2.45) is 0 Å². The van der Waals surface area contributed by atoms with Gasteiger partial charge in [-0.05, 0) is 39.3 Å². The monoisotopic (exact) mass is 293 g/mol. The standard InChI is InChI=1S/C15H23N3O3/c1-15(2,3)21-14(20)18-8-10(7-11(18)9-19)12-5-4-6-13(16)17-12/h4-6,10-11,19H,7-9H2,1-3H3,(H2,16,17)/t10-,11+/m1/s1. The maximum atomic E-state index is 12.2. The molecule has 2 atom stereocenters. The van der Waals surface area contributed by atoms with E-state index in [2.05, 4.69) is 4.98 Å². The van der Waals surface area contributed by atoms with E-state index in [-0.39, 0.29) is 18.6 Å². The average Bonchev–Trinajstić information content (AvgIpc) is 2.81. The summed E-state index contributed by atoms with van der Waals surface area (Å²) in [5, 5.41) is 9.51. The van der Waals surface area contributed by atoms with Gasteiger partial charge in [-0.15, -0.1) is 0 Å². The first-order valence-corrected chi connectivity index (χ1v) is 7.13. The number of carbonyl (C=O) groups excluding carboxylic acids is 1. The molecule has 0 saturated carbocycles. The van der Waals surface area contributed by atoms with E-state index in [0.717, 1.165) is 5.69 Å². The van der Waals surface area contributed by atoms with Gasteiger partial charge in [-0.25, -0.2) is 9.78 Å². The van der Waals surface area contributed by atoms with Gasteiger partial charge < -0.3 is 20.5 Å². The predicted octanol–water partition coefficient (Wildman–Crippen LogP) is 1.75. The highest BCUT2D eigenvalue weighted by molar-refractivity contribution is 5.69. The van der Waals surface area contributed by atoms with Crippen LogP contribution in [0.4, 0.5) is 10.6 Å². The molecule has 6 nitrogen and oxygen atoms in total. The molecular weight excluding hydrogens is 270 g/mol. The van der Waals surface area contributed by atoms with Crippen molar-refractivity contribution in [3.63, 3.8) is 0 Å². The summed E-state index contributed by atoms with van der Waals surface area (Å²) in [7, 11) is 0. The van der Waals surface area contributed by atoms with Crippen molar-refractivity contribution >= 4 is 11.9 Å². The highest BCUT2D eigenvalue weighted by Gasteiger charge is 2.38. The lowest BCUT2D eigenvalue weighted by molar-refractivity contribution is 0.0174. The second-order valence-corrected chi connectivity index (χ2v) is 6.39. The topological polar surface area (TPSA) is 88.7 Å². The number of ether oxygens (including phenoxy) is 1. The van der Waals surface area contributed by atoms with Gasteiger partial charge in [0.2, 0.25) is 0 Å². The fourth-order valence-corrected chi connectivity index (χ4v) is 2.54. The van der Waals surface area contributed by atoms with Gasteiger partial charge in [-0.3, -0.25) is 0 Å². The molecule has 1 aromatic heterocycles. The van der Waals surface area contributed by atoms with Crippen LogP contribution in [0.15, 0.2) is 18.2 Å². The molecule has 1 aromatic rings. The van der Waals surface area contributed by atoms with Crippen LogP contribution in [-0.2, 0) is 4.74 Å². The minimum absolute atomic E-state index is 0.0677. The van der Waals surface area contributed by atoms with Crippen LogP contribution in [0.3, 0.4) is 0 Å². The van der Waals surface area contributed by atoms with Gasteiger partial charge in [-0.1, -0.05) is 6.07 Å². The molecule has 1 aliphatic rings. The lowest BCUT2D eigenvalue weighted by Crippen LogP contribution is -2.41. The molecule has 0 aliphatic carbocycles. The van der Waals surface area contributed by atoms with E-state index in [1.807, 2.05) is 32.9 Å². The average molecular weight is 293 g/mol. The molecule has 1 amide bonds. The highest BCUT2D eigenvalue weighted by atomic mass is 16.6. The van der Waals surface area contributed by atoms with Crippen LogP contribution in [-0.4, -0.2) is 45.9 Å². The number of hydrogen-bond acceptors (Lipinski definition) is 5. The van der Waals surface area contributed by atoms with E-state index < -0.39 is 11.7 Å². The fourth-order valence-electron chi connectivity index (χ4n) is 2.54. The molecule has 0 bridgehead atoms. The van der Waals surface area contributed by atoms with Crippen molar-refractivity contribution in [3.8, 4) is 0 Å².